The van der Waals surface area contributed by atoms with Crippen LogP contribution in [-0.4, -0.2) is 67.1 Å². The van der Waals surface area contributed by atoms with Gasteiger partial charge in [0.15, 0.2) is 17.7 Å². The minimum absolute atomic E-state index is 0.0707. The Morgan fingerprint density at radius 3 is 2.52 bits per heavy atom. The number of halogens is 1. The van der Waals surface area contributed by atoms with Gasteiger partial charge in [-0.2, -0.15) is 0 Å². The van der Waals surface area contributed by atoms with Crippen LogP contribution in [-0.2, 0) is 9.53 Å². The normalized spacial score (nSPS) is 24.1. The molecule has 1 saturated carbocycles. The molecular formula is C20H25FN2O4. The lowest BCUT2D eigenvalue weighted by Crippen LogP contribution is -2.77. The first-order valence-corrected chi connectivity index (χ1v) is 9.47. The van der Waals surface area contributed by atoms with Crippen molar-refractivity contribution >= 4 is 11.8 Å². The molecule has 2 saturated heterocycles. The van der Waals surface area contributed by atoms with Crippen molar-refractivity contribution in [1.29, 1.82) is 0 Å². The first kappa shape index (κ1) is 18.2. The van der Waals surface area contributed by atoms with E-state index in [1.807, 2.05) is 4.90 Å². The van der Waals surface area contributed by atoms with Crippen LogP contribution in [0.15, 0.2) is 18.2 Å². The van der Waals surface area contributed by atoms with Gasteiger partial charge in [-0.1, -0.05) is 0 Å². The van der Waals surface area contributed by atoms with Crippen molar-refractivity contribution in [2.75, 3.05) is 33.9 Å². The van der Waals surface area contributed by atoms with Crippen LogP contribution in [0.25, 0.3) is 0 Å². The Labute approximate surface area is 158 Å². The average molecular weight is 376 g/mol. The lowest BCUT2D eigenvalue weighted by molar-refractivity contribution is -0.198. The summed E-state index contributed by atoms with van der Waals surface area (Å²) < 4.78 is 24.3. The number of hydrogen-bond donors (Lipinski definition) is 0. The van der Waals surface area contributed by atoms with Gasteiger partial charge in [0.2, 0.25) is 0 Å². The molecule has 0 bridgehead atoms. The van der Waals surface area contributed by atoms with Gasteiger partial charge in [0.25, 0.3) is 11.8 Å². The fourth-order valence-corrected chi connectivity index (χ4v) is 4.43. The molecule has 2 heterocycles. The van der Waals surface area contributed by atoms with E-state index < -0.39 is 11.9 Å². The predicted molar refractivity (Wildman–Crippen MR) is 96.1 cm³/mol. The number of β-lactam (4-membered cyclic amide) rings is 1. The number of nitrogens with zero attached hydrogens (tertiary/aromatic N) is 2. The van der Waals surface area contributed by atoms with E-state index in [2.05, 4.69) is 0 Å². The van der Waals surface area contributed by atoms with Crippen LogP contribution >= 0.6 is 0 Å². The van der Waals surface area contributed by atoms with Crippen molar-refractivity contribution < 1.29 is 23.5 Å². The number of piperidine rings is 1. The third-order valence-electron chi connectivity index (χ3n) is 6.20. The zero-order valence-corrected chi connectivity index (χ0v) is 15.7. The molecule has 0 radical (unpaired) electrons. The molecule has 1 aliphatic carbocycles. The van der Waals surface area contributed by atoms with E-state index in [1.165, 1.54) is 32.1 Å². The van der Waals surface area contributed by atoms with Crippen molar-refractivity contribution in [3.8, 4) is 5.75 Å². The standard InChI is InChI=1S/C20H25FN2O4/c1-26-16-6-5-14(11-15(16)21)18(24)22-9-7-20(8-10-22)17(27-2)19(25)23(20)12-13-3-4-13/h5-6,11,13,17H,3-4,7-10,12H2,1-2H3. The van der Waals surface area contributed by atoms with E-state index in [0.717, 1.165) is 6.54 Å². The van der Waals surface area contributed by atoms with Gasteiger partial charge in [0.05, 0.1) is 12.6 Å². The van der Waals surface area contributed by atoms with Crippen LogP contribution in [0, 0.1) is 11.7 Å². The maximum atomic E-state index is 13.9. The molecule has 2 amide bonds. The molecule has 7 heteroatoms. The number of carbonyl (C=O) groups excluding carboxylic acids is 2. The zero-order chi connectivity index (χ0) is 19.2. The van der Waals surface area contributed by atoms with Gasteiger partial charge >= 0.3 is 0 Å². The topological polar surface area (TPSA) is 59.1 Å². The summed E-state index contributed by atoms with van der Waals surface area (Å²) >= 11 is 0. The molecule has 1 spiro atoms. The van der Waals surface area contributed by atoms with Crippen LogP contribution in [0.2, 0.25) is 0 Å². The number of ether oxygens (including phenoxy) is 2. The van der Waals surface area contributed by atoms with Crippen LogP contribution in [0.4, 0.5) is 4.39 Å². The molecule has 146 valence electrons. The minimum Gasteiger partial charge on any atom is -0.494 e. The molecular weight excluding hydrogens is 351 g/mol. The second-order valence-electron chi connectivity index (χ2n) is 7.75. The smallest absolute Gasteiger partial charge is 0.254 e. The number of rotatable bonds is 5. The number of amides is 2. The molecule has 1 aromatic carbocycles. The van der Waals surface area contributed by atoms with Crippen molar-refractivity contribution in [2.45, 2.75) is 37.3 Å². The maximum Gasteiger partial charge on any atom is 0.254 e. The number of likely N-dealkylation sites (tertiary alicyclic amines) is 2. The Balaban J connectivity index is 1.45. The van der Waals surface area contributed by atoms with E-state index in [-0.39, 0.29) is 23.1 Å². The van der Waals surface area contributed by atoms with Gasteiger partial charge in [-0.3, -0.25) is 9.59 Å². The molecule has 1 unspecified atom stereocenters. The lowest BCUT2D eigenvalue weighted by Gasteiger charge is -2.59. The highest BCUT2D eigenvalue weighted by atomic mass is 19.1. The third-order valence-corrected chi connectivity index (χ3v) is 6.20. The highest BCUT2D eigenvalue weighted by Gasteiger charge is 2.61. The molecule has 3 fully saturated rings. The highest BCUT2D eigenvalue weighted by Crippen LogP contribution is 2.45. The molecule has 0 N–H and O–H groups in total. The number of carbonyl (C=O) groups is 2. The van der Waals surface area contributed by atoms with Crippen molar-refractivity contribution in [1.82, 2.24) is 9.80 Å². The largest absolute Gasteiger partial charge is 0.494 e. The molecule has 0 aromatic heterocycles. The third kappa shape index (κ3) is 2.98. The van der Waals surface area contributed by atoms with E-state index in [0.29, 0.717) is 37.4 Å². The molecule has 1 aromatic rings. The van der Waals surface area contributed by atoms with Crippen molar-refractivity contribution in [3.63, 3.8) is 0 Å². The molecule has 2 aliphatic heterocycles. The summed E-state index contributed by atoms with van der Waals surface area (Å²) in [6.45, 7) is 1.86. The fourth-order valence-electron chi connectivity index (χ4n) is 4.43. The lowest BCUT2D eigenvalue weighted by atomic mass is 9.72. The zero-order valence-electron chi connectivity index (χ0n) is 15.7. The van der Waals surface area contributed by atoms with Crippen LogP contribution < -0.4 is 4.74 Å². The summed E-state index contributed by atoms with van der Waals surface area (Å²) in [7, 11) is 2.97. The maximum absolute atomic E-state index is 13.9. The SMILES string of the molecule is COc1ccc(C(=O)N2CCC3(CC2)C(OC)C(=O)N3CC2CC2)cc1F. The summed E-state index contributed by atoms with van der Waals surface area (Å²) in [5.74, 6) is 0.0685. The van der Waals surface area contributed by atoms with E-state index in [9.17, 15) is 14.0 Å². The van der Waals surface area contributed by atoms with Crippen molar-refractivity contribution in [2.24, 2.45) is 5.92 Å². The van der Waals surface area contributed by atoms with E-state index in [4.69, 9.17) is 9.47 Å². The van der Waals surface area contributed by atoms with Gasteiger partial charge in [0, 0.05) is 32.3 Å². The van der Waals surface area contributed by atoms with Crippen LogP contribution in [0.1, 0.15) is 36.0 Å². The molecule has 3 aliphatic rings. The second kappa shape index (κ2) is 6.78. The summed E-state index contributed by atoms with van der Waals surface area (Å²) in [6.07, 6.45) is 3.34. The molecule has 6 nitrogen and oxygen atoms in total. The van der Waals surface area contributed by atoms with Gasteiger partial charge < -0.3 is 19.3 Å². The van der Waals surface area contributed by atoms with Crippen molar-refractivity contribution in [3.05, 3.63) is 29.6 Å². The monoisotopic (exact) mass is 376 g/mol. The van der Waals surface area contributed by atoms with Gasteiger partial charge in [-0.15, -0.1) is 0 Å². The highest BCUT2D eigenvalue weighted by molar-refractivity contribution is 5.95. The van der Waals surface area contributed by atoms with E-state index >= 15 is 0 Å². The van der Waals surface area contributed by atoms with Gasteiger partial charge in [-0.05, 0) is 49.8 Å². The Hall–Kier alpha value is -2.15. The first-order valence-electron chi connectivity index (χ1n) is 9.47. The Bertz CT molecular complexity index is 756. The summed E-state index contributed by atoms with van der Waals surface area (Å²) in [5.41, 5.74) is 0.0168. The second-order valence-corrected chi connectivity index (χ2v) is 7.75. The molecule has 1 atom stereocenters. The quantitative estimate of drug-likeness (QED) is 0.739. The minimum atomic E-state index is -0.545. The number of hydrogen-bond acceptors (Lipinski definition) is 4. The Kier molecular flexibility index (Phi) is 4.58. The summed E-state index contributed by atoms with van der Waals surface area (Å²) in [5, 5.41) is 0. The molecule has 4 rings (SSSR count). The van der Waals surface area contributed by atoms with Crippen LogP contribution in [0.3, 0.4) is 0 Å². The Morgan fingerprint density at radius 1 is 1.26 bits per heavy atom. The van der Waals surface area contributed by atoms with E-state index in [1.54, 1.807) is 18.1 Å². The number of methoxy groups -OCH3 is 2. The first-order chi connectivity index (χ1) is 13.0. The summed E-state index contributed by atoms with van der Waals surface area (Å²) in [6, 6.07) is 4.27. The molecule has 27 heavy (non-hydrogen) atoms. The number of benzene rings is 1. The van der Waals surface area contributed by atoms with Gasteiger partial charge in [0.1, 0.15) is 0 Å². The summed E-state index contributed by atoms with van der Waals surface area (Å²) in [4.78, 5) is 28.9. The Morgan fingerprint density at radius 2 is 1.96 bits per heavy atom. The fraction of sp³-hybridized carbons (Fsp3) is 0.600. The van der Waals surface area contributed by atoms with Gasteiger partial charge in [-0.25, -0.2) is 4.39 Å². The average Bonchev–Trinajstić information content (AvgIpc) is 3.51. The van der Waals surface area contributed by atoms with Crippen LogP contribution in [0.5, 0.6) is 5.75 Å². The predicted octanol–water partition coefficient (Wildman–Crippen LogP) is 2.08.